The third kappa shape index (κ3) is 8.29. The van der Waals surface area contributed by atoms with Gasteiger partial charge in [0, 0.05) is 11.3 Å². The number of anilines is 1. The first kappa shape index (κ1) is 29.2. The zero-order valence-corrected chi connectivity index (χ0v) is 22.9. The molecule has 0 saturated heterocycles. The number of esters is 2. The number of ether oxygens (including phenoxy) is 2. The van der Waals surface area contributed by atoms with Crippen LogP contribution in [0.15, 0.2) is 18.2 Å². The minimum Gasteiger partial charge on any atom is -0.465 e. The Bertz CT molecular complexity index is 992. The molecule has 1 aromatic carbocycles. The summed E-state index contributed by atoms with van der Waals surface area (Å²) in [5, 5.41) is 0.131. The van der Waals surface area contributed by atoms with E-state index in [9.17, 15) is 9.59 Å². The van der Waals surface area contributed by atoms with Crippen molar-refractivity contribution in [3.8, 4) is 11.4 Å². The molecule has 8 nitrogen and oxygen atoms in total. The molecule has 0 aliphatic carbocycles. The van der Waals surface area contributed by atoms with E-state index in [1.807, 2.05) is 0 Å². The lowest BCUT2D eigenvalue weighted by atomic mass is 10.1. The van der Waals surface area contributed by atoms with E-state index >= 15 is 0 Å². The third-order valence-corrected chi connectivity index (χ3v) is 5.28. The number of benzene rings is 1. The highest BCUT2D eigenvalue weighted by Gasteiger charge is 2.34. The van der Waals surface area contributed by atoms with Crippen LogP contribution in [0.4, 0.5) is 5.69 Å². The smallest absolute Gasteiger partial charge is 0.325 e. The van der Waals surface area contributed by atoms with Crippen LogP contribution >= 0.6 is 81.2 Å². The highest BCUT2D eigenvalue weighted by molar-refractivity contribution is 6.67. The molecule has 0 atom stereocenters. The molecule has 0 aliphatic rings. The summed E-state index contributed by atoms with van der Waals surface area (Å²) in [6, 6.07) is 4.59. The van der Waals surface area contributed by atoms with Gasteiger partial charge >= 0.3 is 11.9 Å². The Balaban J connectivity index is 2.51. The lowest BCUT2D eigenvalue weighted by Gasteiger charge is -2.23. The maximum atomic E-state index is 12.1. The van der Waals surface area contributed by atoms with E-state index in [2.05, 4.69) is 15.0 Å². The second kappa shape index (κ2) is 12.3. The third-order valence-electron chi connectivity index (χ3n) is 3.95. The van der Waals surface area contributed by atoms with Gasteiger partial charge in [0.05, 0.1) is 18.2 Å². The fraction of sp³-hybridized carbons (Fsp3) is 0.421. The predicted molar refractivity (Wildman–Crippen MR) is 134 cm³/mol. The van der Waals surface area contributed by atoms with Crippen molar-refractivity contribution < 1.29 is 19.1 Å². The quantitative estimate of drug-likeness (QED) is 0.273. The molecule has 0 radical (unpaired) electrons. The summed E-state index contributed by atoms with van der Waals surface area (Å²) in [4.78, 5) is 37.7. The molecular weight excluding hydrogens is 596 g/mol. The van der Waals surface area contributed by atoms with Gasteiger partial charge in [-0.1, -0.05) is 81.2 Å². The average Bonchev–Trinajstić information content (AvgIpc) is 2.72. The van der Waals surface area contributed by atoms with Gasteiger partial charge in [0.25, 0.3) is 0 Å². The van der Waals surface area contributed by atoms with E-state index in [4.69, 9.17) is 90.7 Å². The SMILES string of the molecule is CCOC(=O)CN(CC(=O)OCC)c1ccc(-c2nc(C(Cl)(Cl)Cl)nc(C(Cl)(Cl)Cl)n2)c(Cl)c1. The Kier molecular flexibility index (Phi) is 10.6. The fourth-order valence-electron chi connectivity index (χ4n) is 2.60. The second-order valence-corrected chi connectivity index (χ2v) is 11.4. The van der Waals surface area contributed by atoms with Gasteiger partial charge in [0.1, 0.15) is 13.1 Å². The van der Waals surface area contributed by atoms with Gasteiger partial charge in [-0.05, 0) is 32.0 Å². The second-order valence-electron chi connectivity index (χ2n) is 6.43. The van der Waals surface area contributed by atoms with Crippen molar-refractivity contribution in [2.45, 2.75) is 21.4 Å². The van der Waals surface area contributed by atoms with Gasteiger partial charge in [-0.2, -0.15) is 0 Å². The molecule has 0 unspecified atom stereocenters. The van der Waals surface area contributed by atoms with Gasteiger partial charge in [0.15, 0.2) is 17.5 Å². The fourth-order valence-corrected chi connectivity index (χ4v) is 3.36. The standard InChI is InChI=1S/C19H17Cl7N4O4/c1-3-33-13(31)8-30(9-14(32)34-4-2)10-5-6-11(12(20)7-10)15-27-16(18(21,22)23)29-17(28-15)19(24,25)26/h5-7H,3-4,8-9H2,1-2H3. The monoisotopic (exact) mass is 610 g/mol. The molecule has 1 heterocycles. The minimum atomic E-state index is -2.04. The number of carbonyl (C=O) groups is 2. The van der Waals surface area contributed by atoms with Crippen LogP contribution in [-0.2, 0) is 26.6 Å². The van der Waals surface area contributed by atoms with Crippen molar-refractivity contribution in [1.29, 1.82) is 0 Å². The summed E-state index contributed by atoms with van der Waals surface area (Å²) in [6.45, 7) is 3.27. The van der Waals surface area contributed by atoms with Gasteiger partial charge in [-0.3, -0.25) is 9.59 Å². The molecule has 0 aliphatic heterocycles. The summed E-state index contributed by atoms with van der Waals surface area (Å²) in [5.74, 6) is -1.67. The first-order valence-corrected chi connectivity index (χ1v) is 12.2. The van der Waals surface area contributed by atoms with Gasteiger partial charge in [0.2, 0.25) is 7.59 Å². The maximum Gasteiger partial charge on any atom is 0.325 e. The van der Waals surface area contributed by atoms with E-state index in [-0.39, 0.29) is 54.4 Å². The number of hydrogen-bond acceptors (Lipinski definition) is 8. The maximum absolute atomic E-state index is 12.1. The summed E-state index contributed by atoms with van der Waals surface area (Å²) >= 11 is 42.0. The van der Waals surface area contributed by atoms with Crippen molar-refractivity contribution >= 4 is 98.8 Å². The van der Waals surface area contributed by atoms with E-state index in [0.29, 0.717) is 5.69 Å². The molecule has 2 rings (SSSR count). The normalized spacial score (nSPS) is 11.8. The highest BCUT2D eigenvalue weighted by Crippen LogP contribution is 2.41. The van der Waals surface area contributed by atoms with E-state index in [0.717, 1.165) is 0 Å². The van der Waals surface area contributed by atoms with Gasteiger partial charge in [-0.25, -0.2) is 15.0 Å². The van der Waals surface area contributed by atoms with Crippen LogP contribution in [0.3, 0.4) is 0 Å². The predicted octanol–water partition coefficient (Wildman–Crippen LogP) is 5.78. The highest BCUT2D eigenvalue weighted by atomic mass is 35.6. The first-order valence-electron chi connectivity index (χ1n) is 9.52. The average molecular weight is 614 g/mol. The van der Waals surface area contributed by atoms with Crippen LogP contribution in [0, 0.1) is 0 Å². The number of carbonyl (C=O) groups excluding carboxylic acids is 2. The molecule has 0 fully saturated rings. The van der Waals surface area contributed by atoms with Crippen LogP contribution < -0.4 is 4.90 Å². The number of halogens is 7. The van der Waals surface area contributed by atoms with Crippen LogP contribution in [0.2, 0.25) is 5.02 Å². The Hall–Kier alpha value is -1.000. The van der Waals surface area contributed by atoms with Crippen molar-refractivity contribution in [2.24, 2.45) is 0 Å². The Morgan fingerprint density at radius 2 is 1.32 bits per heavy atom. The Morgan fingerprint density at radius 3 is 1.71 bits per heavy atom. The summed E-state index contributed by atoms with van der Waals surface area (Å²) in [6.07, 6.45) is 0. The lowest BCUT2D eigenvalue weighted by molar-refractivity contribution is -0.142. The van der Waals surface area contributed by atoms with Gasteiger partial charge in [-0.15, -0.1) is 0 Å². The summed E-state index contributed by atoms with van der Waals surface area (Å²) < 4.78 is 5.89. The minimum absolute atomic E-state index is 0.0310. The van der Waals surface area contributed by atoms with Crippen LogP contribution in [0.5, 0.6) is 0 Å². The molecule has 0 bridgehead atoms. The Morgan fingerprint density at radius 1 is 0.853 bits per heavy atom. The first-order chi connectivity index (χ1) is 15.8. The number of aromatic nitrogens is 3. The summed E-state index contributed by atoms with van der Waals surface area (Å²) in [5.41, 5.74) is 0.707. The van der Waals surface area contributed by atoms with E-state index < -0.39 is 19.5 Å². The zero-order chi connectivity index (χ0) is 25.7. The number of alkyl halides is 6. The van der Waals surface area contributed by atoms with Crippen LogP contribution in [-0.4, -0.2) is 53.2 Å². The number of rotatable bonds is 8. The molecule has 0 saturated carbocycles. The van der Waals surface area contributed by atoms with Crippen molar-refractivity contribution in [2.75, 3.05) is 31.2 Å². The molecule has 34 heavy (non-hydrogen) atoms. The molecule has 1 aromatic heterocycles. The Labute approximate surface area is 230 Å². The zero-order valence-electron chi connectivity index (χ0n) is 17.6. The largest absolute Gasteiger partial charge is 0.465 e. The molecular formula is C19H17Cl7N4O4. The molecule has 0 N–H and O–H groups in total. The molecule has 2 aromatic rings. The van der Waals surface area contributed by atoms with Crippen LogP contribution in [0.1, 0.15) is 25.5 Å². The topological polar surface area (TPSA) is 94.5 Å². The molecule has 0 spiro atoms. The van der Waals surface area contributed by atoms with Crippen molar-refractivity contribution in [3.63, 3.8) is 0 Å². The lowest BCUT2D eigenvalue weighted by Crippen LogP contribution is -2.36. The van der Waals surface area contributed by atoms with E-state index in [1.54, 1.807) is 19.9 Å². The summed E-state index contributed by atoms with van der Waals surface area (Å²) in [7, 11) is 0. The molecule has 0 amide bonds. The number of hydrogen-bond donors (Lipinski definition) is 0. The van der Waals surface area contributed by atoms with Crippen molar-refractivity contribution in [1.82, 2.24) is 15.0 Å². The van der Waals surface area contributed by atoms with E-state index in [1.165, 1.54) is 17.0 Å². The number of nitrogens with zero attached hydrogens (tertiary/aromatic N) is 4. The van der Waals surface area contributed by atoms with Gasteiger partial charge < -0.3 is 14.4 Å². The molecule has 186 valence electrons. The van der Waals surface area contributed by atoms with Crippen LogP contribution in [0.25, 0.3) is 11.4 Å². The molecule has 15 heteroatoms. The van der Waals surface area contributed by atoms with Crippen molar-refractivity contribution in [3.05, 3.63) is 34.9 Å².